The Kier molecular flexibility index (Phi) is 2.61. The van der Waals surface area contributed by atoms with Gasteiger partial charge in [0.05, 0.1) is 18.2 Å². The summed E-state index contributed by atoms with van der Waals surface area (Å²) in [7, 11) is 0. The van der Waals surface area contributed by atoms with Crippen molar-refractivity contribution in [2.24, 2.45) is 5.73 Å². The molecule has 3 aromatic heterocycles. The predicted molar refractivity (Wildman–Crippen MR) is 59.0 cm³/mol. The van der Waals surface area contributed by atoms with E-state index < -0.39 is 0 Å². The van der Waals surface area contributed by atoms with Crippen molar-refractivity contribution in [3.63, 3.8) is 0 Å². The van der Waals surface area contributed by atoms with E-state index in [1.165, 1.54) is 0 Å². The molecule has 3 heterocycles. The number of nitrogens with two attached hydrogens (primary N) is 1. The number of aromatic nitrogens is 5. The maximum atomic E-state index is 5.45. The van der Waals surface area contributed by atoms with Gasteiger partial charge in [-0.25, -0.2) is 4.68 Å². The molecule has 0 saturated carbocycles. The van der Waals surface area contributed by atoms with Gasteiger partial charge < -0.3 is 14.7 Å². The van der Waals surface area contributed by atoms with Gasteiger partial charge in [0.25, 0.3) is 5.89 Å². The maximum absolute atomic E-state index is 5.45. The molecule has 2 N–H and O–H groups in total. The van der Waals surface area contributed by atoms with Gasteiger partial charge in [-0.1, -0.05) is 10.4 Å². The van der Waals surface area contributed by atoms with E-state index in [0.717, 1.165) is 0 Å². The molecule has 0 bridgehead atoms. The predicted octanol–water partition coefficient (Wildman–Crippen LogP) is 0.428. The molecular weight excluding hydrogens is 236 g/mol. The Hall–Kier alpha value is -2.48. The number of rotatable bonds is 4. The molecule has 0 amide bonds. The number of furan rings is 1. The van der Waals surface area contributed by atoms with Crippen molar-refractivity contribution < 1.29 is 8.94 Å². The van der Waals surface area contributed by atoms with Crippen LogP contribution in [0.3, 0.4) is 0 Å². The molecule has 92 valence electrons. The first-order valence-corrected chi connectivity index (χ1v) is 5.30. The Morgan fingerprint density at radius 1 is 1.39 bits per heavy atom. The summed E-state index contributed by atoms with van der Waals surface area (Å²) in [4.78, 5) is 4.19. The molecule has 8 nitrogen and oxygen atoms in total. The average molecular weight is 246 g/mol. The van der Waals surface area contributed by atoms with Crippen LogP contribution in [-0.2, 0) is 13.1 Å². The van der Waals surface area contributed by atoms with E-state index in [1.807, 2.05) is 0 Å². The molecule has 3 aromatic rings. The van der Waals surface area contributed by atoms with Gasteiger partial charge in [0.15, 0.2) is 11.6 Å². The Labute approximate surface area is 101 Å². The van der Waals surface area contributed by atoms with Gasteiger partial charge in [-0.15, -0.1) is 5.10 Å². The Balaban J connectivity index is 1.77. The van der Waals surface area contributed by atoms with Gasteiger partial charge in [0.2, 0.25) is 0 Å². The molecule has 0 aliphatic rings. The van der Waals surface area contributed by atoms with Crippen LogP contribution < -0.4 is 5.73 Å². The molecule has 0 radical (unpaired) electrons. The van der Waals surface area contributed by atoms with Gasteiger partial charge >= 0.3 is 0 Å². The van der Waals surface area contributed by atoms with Gasteiger partial charge in [-0.3, -0.25) is 0 Å². The lowest BCUT2D eigenvalue weighted by atomic mass is 10.4. The summed E-state index contributed by atoms with van der Waals surface area (Å²) in [6.45, 7) is 0.723. The molecule has 0 fully saturated rings. The smallest absolute Gasteiger partial charge is 0.293 e. The summed E-state index contributed by atoms with van der Waals surface area (Å²) in [5, 5.41) is 11.6. The third kappa shape index (κ3) is 2.00. The summed E-state index contributed by atoms with van der Waals surface area (Å²) in [6.07, 6.45) is 3.28. The topological polar surface area (TPSA) is 109 Å². The second-order valence-electron chi connectivity index (χ2n) is 3.60. The molecule has 0 aromatic carbocycles. The van der Waals surface area contributed by atoms with Crippen molar-refractivity contribution in [1.29, 1.82) is 0 Å². The van der Waals surface area contributed by atoms with E-state index in [2.05, 4.69) is 20.5 Å². The summed E-state index contributed by atoms with van der Waals surface area (Å²) < 4.78 is 11.8. The lowest BCUT2D eigenvalue weighted by molar-refractivity contribution is 0.406. The van der Waals surface area contributed by atoms with Crippen LogP contribution in [0.2, 0.25) is 0 Å². The molecule has 8 heteroatoms. The van der Waals surface area contributed by atoms with Crippen LogP contribution in [0.5, 0.6) is 0 Å². The second kappa shape index (κ2) is 4.41. The zero-order valence-corrected chi connectivity index (χ0v) is 9.35. The fourth-order valence-electron chi connectivity index (χ4n) is 1.47. The first kappa shape index (κ1) is 10.7. The number of hydrogen-bond acceptors (Lipinski definition) is 7. The van der Waals surface area contributed by atoms with E-state index >= 15 is 0 Å². The second-order valence-corrected chi connectivity index (χ2v) is 3.60. The van der Waals surface area contributed by atoms with Crippen LogP contribution in [-0.4, -0.2) is 25.1 Å². The summed E-state index contributed by atoms with van der Waals surface area (Å²) in [6, 6.07) is 3.50. The maximum Gasteiger partial charge on any atom is 0.293 e. The van der Waals surface area contributed by atoms with Crippen LogP contribution in [0.4, 0.5) is 0 Å². The van der Waals surface area contributed by atoms with Crippen LogP contribution >= 0.6 is 0 Å². The monoisotopic (exact) mass is 246 g/mol. The molecular formula is C10H10N6O2. The molecule has 3 rings (SSSR count). The van der Waals surface area contributed by atoms with Crippen LogP contribution in [0, 0.1) is 0 Å². The quantitative estimate of drug-likeness (QED) is 0.710. The molecule has 0 saturated heterocycles. The zero-order chi connectivity index (χ0) is 12.4. The molecule has 0 spiro atoms. The Morgan fingerprint density at radius 2 is 2.33 bits per heavy atom. The minimum atomic E-state index is 0.342. The van der Waals surface area contributed by atoms with E-state index in [4.69, 9.17) is 14.7 Å². The fraction of sp³-hybridized carbons (Fsp3) is 0.200. The lowest BCUT2D eigenvalue weighted by Gasteiger charge is -1.91. The molecule has 18 heavy (non-hydrogen) atoms. The van der Waals surface area contributed by atoms with E-state index in [1.54, 1.807) is 29.3 Å². The van der Waals surface area contributed by atoms with Gasteiger partial charge in [-0.05, 0) is 12.1 Å². The SMILES string of the molecule is NCc1cn(Cc2noc(-c3ccco3)n2)nn1. The van der Waals surface area contributed by atoms with Crippen molar-refractivity contribution >= 4 is 0 Å². The molecule has 0 aliphatic carbocycles. The highest BCUT2D eigenvalue weighted by atomic mass is 16.5. The van der Waals surface area contributed by atoms with Crippen molar-refractivity contribution in [3.05, 3.63) is 36.1 Å². The minimum absolute atomic E-state index is 0.342. The first-order chi connectivity index (χ1) is 8.85. The third-order valence-electron chi connectivity index (χ3n) is 2.30. The molecule has 0 aliphatic heterocycles. The molecule has 0 unspecified atom stereocenters. The van der Waals surface area contributed by atoms with E-state index in [0.29, 0.717) is 36.3 Å². The van der Waals surface area contributed by atoms with Crippen LogP contribution in [0.25, 0.3) is 11.7 Å². The standard InChI is InChI=1S/C10H10N6O2/c11-4-7-5-16(15-13-7)6-9-12-10(18-14-9)8-2-1-3-17-8/h1-3,5H,4,6,11H2. The summed E-state index contributed by atoms with van der Waals surface area (Å²) >= 11 is 0. The first-order valence-electron chi connectivity index (χ1n) is 5.30. The van der Waals surface area contributed by atoms with Crippen molar-refractivity contribution in [3.8, 4) is 11.7 Å². The van der Waals surface area contributed by atoms with Crippen molar-refractivity contribution in [1.82, 2.24) is 25.1 Å². The highest BCUT2D eigenvalue weighted by molar-refractivity contribution is 5.42. The zero-order valence-electron chi connectivity index (χ0n) is 9.35. The van der Waals surface area contributed by atoms with Crippen LogP contribution in [0.15, 0.2) is 33.5 Å². The number of nitrogens with zero attached hydrogens (tertiary/aromatic N) is 5. The largest absolute Gasteiger partial charge is 0.459 e. The van der Waals surface area contributed by atoms with E-state index in [-0.39, 0.29) is 0 Å². The van der Waals surface area contributed by atoms with Crippen molar-refractivity contribution in [2.45, 2.75) is 13.1 Å². The fourth-order valence-corrected chi connectivity index (χ4v) is 1.47. The Bertz CT molecular complexity index is 626. The van der Waals surface area contributed by atoms with Gasteiger partial charge in [0, 0.05) is 6.54 Å². The van der Waals surface area contributed by atoms with Gasteiger partial charge in [-0.2, -0.15) is 4.98 Å². The molecule has 0 atom stereocenters. The van der Waals surface area contributed by atoms with Crippen LogP contribution in [0.1, 0.15) is 11.5 Å². The Morgan fingerprint density at radius 3 is 3.06 bits per heavy atom. The third-order valence-corrected chi connectivity index (χ3v) is 2.30. The summed E-state index contributed by atoms with van der Waals surface area (Å²) in [5.74, 6) is 1.37. The minimum Gasteiger partial charge on any atom is -0.459 e. The highest BCUT2D eigenvalue weighted by Crippen LogP contribution is 2.17. The van der Waals surface area contributed by atoms with E-state index in [9.17, 15) is 0 Å². The van der Waals surface area contributed by atoms with Crippen molar-refractivity contribution in [2.75, 3.05) is 0 Å². The number of hydrogen-bond donors (Lipinski definition) is 1. The van der Waals surface area contributed by atoms with Gasteiger partial charge in [0.1, 0.15) is 6.54 Å². The average Bonchev–Trinajstić information content (AvgIpc) is 3.10. The normalized spacial score (nSPS) is 10.9. The lowest BCUT2D eigenvalue weighted by Crippen LogP contribution is -2.02. The highest BCUT2D eigenvalue weighted by Gasteiger charge is 2.11. The summed E-state index contributed by atoms with van der Waals surface area (Å²) in [5.41, 5.74) is 6.16.